The Balaban J connectivity index is 0.000001000. The summed E-state index contributed by atoms with van der Waals surface area (Å²) in [7, 11) is 0. The molecule has 0 atom stereocenters. The molecule has 0 N–H and O–H groups in total. The van der Waals surface area contributed by atoms with Gasteiger partial charge in [0.15, 0.2) is 0 Å². The Kier molecular flexibility index (Phi) is 4.11. The fourth-order valence-corrected chi connectivity index (χ4v) is 0.690. The number of hydrogen-bond acceptors (Lipinski definition) is 2. The quantitative estimate of drug-likeness (QED) is 0.668. The van der Waals surface area contributed by atoms with Crippen molar-refractivity contribution in [3.05, 3.63) is 35.4 Å². The van der Waals surface area contributed by atoms with Crippen LogP contribution in [0.15, 0.2) is 24.3 Å². The van der Waals surface area contributed by atoms with Gasteiger partial charge in [-0.15, -0.1) is 0 Å². The van der Waals surface area contributed by atoms with Crippen LogP contribution in [0.4, 0.5) is 0 Å². The van der Waals surface area contributed by atoms with E-state index in [1.54, 1.807) is 12.1 Å². The maximum atomic E-state index is 10.2. The molecule has 0 bridgehead atoms. The van der Waals surface area contributed by atoms with Crippen molar-refractivity contribution >= 4 is 5.97 Å². The number of aryl methyl sites for hydroxylation is 1. The van der Waals surface area contributed by atoms with Gasteiger partial charge in [0.2, 0.25) is 0 Å². The van der Waals surface area contributed by atoms with Crippen LogP contribution in [-0.2, 0) is 22.4 Å². The predicted molar refractivity (Wildman–Crippen MR) is 35.5 cm³/mol. The molecule has 0 aliphatic rings. The molecule has 11 heavy (non-hydrogen) atoms. The third-order valence-corrected chi connectivity index (χ3v) is 1.29. The van der Waals surface area contributed by atoms with Crippen molar-refractivity contribution in [2.45, 2.75) is 6.92 Å². The first-order chi connectivity index (χ1) is 4.70. The number of rotatable bonds is 1. The van der Waals surface area contributed by atoms with Crippen molar-refractivity contribution in [1.29, 1.82) is 0 Å². The standard InChI is InChI=1S/C8H8O2.Ag/c1-6-2-4-7(5-3-6)8(9)10;/h2-5H,1H3,(H,9,10);/q;+1/p-1. The maximum Gasteiger partial charge on any atom is 1.00 e. The number of aromatic carboxylic acids is 1. The van der Waals surface area contributed by atoms with Crippen LogP contribution in [0.1, 0.15) is 15.9 Å². The minimum atomic E-state index is -1.12. The molecule has 62 valence electrons. The third-order valence-electron chi connectivity index (χ3n) is 1.29. The van der Waals surface area contributed by atoms with E-state index < -0.39 is 5.97 Å². The van der Waals surface area contributed by atoms with Gasteiger partial charge in [-0.05, 0) is 12.5 Å². The van der Waals surface area contributed by atoms with Gasteiger partial charge in [0, 0.05) is 0 Å². The first-order valence-electron chi connectivity index (χ1n) is 2.98. The number of carbonyl (C=O) groups is 1. The van der Waals surface area contributed by atoms with Gasteiger partial charge < -0.3 is 9.90 Å². The number of hydrogen-bond donors (Lipinski definition) is 0. The van der Waals surface area contributed by atoms with E-state index >= 15 is 0 Å². The molecule has 0 aliphatic heterocycles. The minimum Gasteiger partial charge on any atom is -0.545 e. The molecule has 0 aromatic heterocycles. The Hall–Kier alpha value is -0.570. The summed E-state index contributed by atoms with van der Waals surface area (Å²) in [5.41, 5.74) is 1.27. The van der Waals surface area contributed by atoms with Gasteiger partial charge in [0.25, 0.3) is 0 Å². The third kappa shape index (κ3) is 2.89. The minimum absolute atomic E-state index is 0. The average molecular weight is 243 g/mol. The Morgan fingerprint density at radius 1 is 1.27 bits per heavy atom. The van der Waals surface area contributed by atoms with E-state index in [2.05, 4.69) is 0 Å². The fraction of sp³-hybridized carbons (Fsp3) is 0.125. The number of carbonyl (C=O) groups excluding carboxylic acids is 1. The molecule has 0 saturated carbocycles. The Morgan fingerprint density at radius 2 is 1.73 bits per heavy atom. The molecule has 2 nitrogen and oxygen atoms in total. The first-order valence-corrected chi connectivity index (χ1v) is 2.98. The van der Waals surface area contributed by atoms with E-state index in [9.17, 15) is 9.90 Å². The van der Waals surface area contributed by atoms with Gasteiger partial charge >= 0.3 is 22.4 Å². The summed E-state index contributed by atoms with van der Waals surface area (Å²) < 4.78 is 0. The van der Waals surface area contributed by atoms with Crippen molar-refractivity contribution in [3.8, 4) is 0 Å². The topological polar surface area (TPSA) is 40.1 Å². The summed E-state index contributed by atoms with van der Waals surface area (Å²) in [6.07, 6.45) is 0. The SMILES string of the molecule is Cc1ccc(C(=O)[O-])cc1.[Ag+]. The maximum absolute atomic E-state index is 10.2. The van der Waals surface area contributed by atoms with E-state index in [1.165, 1.54) is 12.1 Å². The molecule has 3 heteroatoms. The van der Waals surface area contributed by atoms with E-state index in [0.717, 1.165) is 5.56 Å². The fourth-order valence-electron chi connectivity index (χ4n) is 0.690. The second kappa shape index (κ2) is 4.34. The zero-order valence-electron chi connectivity index (χ0n) is 5.93. The second-order valence-electron chi connectivity index (χ2n) is 2.15. The zero-order valence-corrected chi connectivity index (χ0v) is 7.41. The Morgan fingerprint density at radius 3 is 2.09 bits per heavy atom. The van der Waals surface area contributed by atoms with Crippen LogP contribution in [0, 0.1) is 6.92 Å². The van der Waals surface area contributed by atoms with Gasteiger partial charge in [0.05, 0.1) is 5.97 Å². The molecule has 1 aromatic rings. The number of carboxylic acids is 1. The van der Waals surface area contributed by atoms with Gasteiger partial charge in [-0.2, -0.15) is 0 Å². The molecule has 0 spiro atoms. The van der Waals surface area contributed by atoms with Crippen LogP contribution in [0.2, 0.25) is 0 Å². The van der Waals surface area contributed by atoms with Gasteiger partial charge in [-0.3, -0.25) is 0 Å². The smallest absolute Gasteiger partial charge is 0.545 e. The zero-order chi connectivity index (χ0) is 7.56. The molecular formula is C8H7AgO2. The van der Waals surface area contributed by atoms with Crippen molar-refractivity contribution in [3.63, 3.8) is 0 Å². The predicted octanol–water partition coefficient (Wildman–Crippen LogP) is 0.356. The first kappa shape index (κ1) is 10.4. The summed E-state index contributed by atoms with van der Waals surface area (Å²) in [4.78, 5) is 10.2. The Labute approximate surface area is 80.8 Å². The Bertz CT molecular complexity index is 241. The van der Waals surface area contributed by atoms with Crippen LogP contribution in [0.25, 0.3) is 0 Å². The van der Waals surface area contributed by atoms with Crippen molar-refractivity contribution in [2.24, 2.45) is 0 Å². The summed E-state index contributed by atoms with van der Waals surface area (Å²) in [5, 5.41) is 10.2. The molecule has 0 saturated heterocycles. The summed E-state index contributed by atoms with van der Waals surface area (Å²) >= 11 is 0. The van der Waals surface area contributed by atoms with E-state index in [0.29, 0.717) is 0 Å². The van der Waals surface area contributed by atoms with Crippen molar-refractivity contribution in [2.75, 3.05) is 0 Å². The van der Waals surface area contributed by atoms with Crippen LogP contribution >= 0.6 is 0 Å². The van der Waals surface area contributed by atoms with Gasteiger partial charge in [-0.1, -0.05) is 29.8 Å². The molecule has 0 radical (unpaired) electrons. The monoisotopic (exact) mass is 242 g/mol. The molecular weight excluding hydrogens is 236 g/mol. The normalized spacial score (nSPS) is 8.45. The van der Waals surface area contributed by atoms with E-state index in [1.807, 2.05) is 6.92 Å². The van der Waals surface area contributed by atoms with Crippen LogP contribution in [0.5, 0.6) is 0 Å². The summed E-state index contributed by atoms with van der Waals surface area (Å²) in [6, 6.07) is 6.55. The molecule has 0 aliphatic carbocycles. The van der Waals surface area contributed by atoms with Crippen LogP contribution < -0.4 is 5.11 Å². The summed E-state index contributed by atoms with van der Waals surface area (Å²) in [6.45, 7) is 1.90. The average Bonchev–Trinajstić information content (AvgIpc) is 1.88. The molecule has 0 fully saturated rings. The van der Waals surface area contributed by atoms with Crippen LogP contribution in [-0.4, -0.2) is 5.97 Å². The molecule has 1 aromatic carbocycles. The number of carboxylic acid groups (broad SMARTS) is 1. The molecule has 0 amide bonds. The second-order valence-corrected chi connectivity index (χ2v) is 2.15. The molecule has 1 rings (SSSR count). The number of benzene rings is 1. The molecule has 0 heterocycles. The summed E-state index contributed by atoms with van der Waals surface area (Å²) in [5.74, 6) is -1.12. The van der Waals surface area contributed by atoms with Crippen molar-refractivity contribution < 1.29 is 32.3 Å². The largest absolute Gasteiger partial charge is 1.00 e. The van der Waals surface area contributed by atoms with E-state index in [-0.39, 0.29) is 27.9 Å². The van der Waals surface area contributed by atoms with Gasteiger partial charge in [-0.25, -0.2) is 0 Å². The van der Waals surface area contributed by atoms with Crippen LogP contribution in [0.3, 0.4) is 0 Å². The van der Waals surface area contributed by atoms with E-state index in [4.69, 9.17) is 0 Å². The van der Waals surface area contributed by atoms with Crippen molar-refractivity contribution in [1.82, 2.24) is 0 Å². The van der Waals surface area contributed by atoms with Gasteiger partial charge in [0.1, 0.15) is 0 Å². The molecule has 0 unspecified atom stereocenters.